The average Bonchev–Trinajstić information content (AvgIpc) is 3.17. The molecule has 1 aromatic carbocycles. The second-order valence-corrected chi connectivity index (χ2v) is 7.38. The molecule has 1 saturated heterocycles. The molecule has 2 heterocycles. The normalized spacial score (nSPS) is 14.7. The molecule has 3 N–H and O–H groups in total. The molecule has 0 spiro atoms. The van der Waals surface area contributed by atoms with Gasteiger partial charge in [0.1, 0.15) is 17.4 Å². The smallest absolute Gasteiger partial charge is 0.342 e. The number of hydrogen-bond donors (Lipinski definition) is 3. The number of urea groups is 1. The van der Waals surface area contributed by atoms with E-state index in [1.165, 1.54) is 14.2 Å². The maximum Gasteiger partial charge on any atom is 0.342 e. The van der Waals surface area contributed by atoms with Crippen molar-refractivity contribution in [1.29, 1.82) is 0 Å². The van der Waals surface area contributed by atoms with Crippen LogP contribution in [0.3, 0.4) is 0 Å². The van der Waals surface area contributed by atoms with Crippen molar-refractivity contribution in [2.24, 2.45) is 5.92 Å². The molecule has 0 unspecified atom stereocenters. The molecular formula is C19H19N5O7S. The fraction of sp³-hybridized carbons (Fsp3) is 0.263. The van der Waals surface area contributed by atoms with Crippen LogP contribution in [0.4, 0.5) is 4.79 Å². The van der Waals surface area contributed by atoms with Crippen molar-refractivity contribution in [3.63, 3.8) is 0 Å². The second-order valence-electron chi connectivity index (χ2n) is 6.38. The lowest BCUT2D eigenvalue weighted by atomic mass is 10.1. The highest BCUT2D eigenvalue weighted by Crippen LogP contribution is 2.33. The van der Waals surface area contributed by atoms with Gasteiger partial charge in [-0.05, 0) is 36.9 Å². The summed E-state index contributed by atoms with van der Waals surface area (Å²) in [4.78, 5) is 46.6. The lowest BCUT2D eigenvalue weighted by Crippen LogP contribution is -2.55. The lowest BCUT2D eigenvalue weighted by Gasteiger charge is -2.18. The van der Waals surface area contributed by atoms with Gasteiger partial charge in [0.05, 0.1) is 19.1 Å². The summed E-state index contributed by atoms with van der Waals surface area (Å²) in [5.41, 5.74) is 0.632. The van der Waals surface area contributed by atoms with E-state index in [1.807, 2.05) is 17.6 Å². The standard InChI is InChI=1S/C19H19N5O7S/c1-4-24-14(9-5-10(30-2)7-11(6-9)31-3)22-23-19(24)32-13(17(27)28)8-12-15(25)20-18(29)21-16(12)26/h5-8,12H,4H2,1-3H3,(H,27,28)(H2,20,21,25,26,29)/b13-8+. The summed E-state index contributed by atoms with van der Waals surface area (Å²) < 4.78 is 12.2. The van der Waals surface area contributed by atoms with Crippen molar-refractivity contribution in [3.8, 4) is 22.9 Å². The van der Waals surface area contributed by atoms with Gasteiger partial charge in [0, 0.05) is 18.2 Å². The molecule has 32 heavy (non-hydrogen) atoms. The highest BCUT2D eigenvalue weighted by atomic mass is 32.2. The van der Waals surface area contributed by atoms with Gasteiger partial charge < -0.3 is 19.1 Å². The number of imide groups is 2. The van der Waals surface area contributed by atoms with Gasteiger partial charge in [-0.15, -0.1) is 10.2 Å². The van der Waals surface area contributed by atoms with E-state index in [9.17, 15) is 24.3 Å². The molecule has 13 heteroatoms. The van der Waals surface area contributed by atoms with Crippen molar-refractivity contribution in [3.05, 3.63) is 29.2 Å². The minimum absolute atomic E-state index is 0.227. The Morgan fingerprint density at radius 3 is 2.22 bits per heavy atom. The Labute approximate surface area is 186 Å². The number of thioether (sulfide) groups is 1. The third-order valence-corrected chi connectivity index (χ3v) is 5.43. The summed E-state index contributed by atoms with van der Waals surface area (Å²) >= 11 is 0.725. The number of aromatic nitrogens is 3. The van der Waals surface area contributed by atoms with E-state index in [2.05, 4.69) is 10.2 Å². The molecular weight excluding hydrogens is 442 g/mol. The predicted molar refractivity (Wildman–Crippen MR) is 111 cm³/mol. The van der Waals surface area contributed by atoms with Gasteiger partial charge in [-0.2, -0.15) is 0 Å². The maximum absolute atomic E-state index is 12.0. The minimum atomic E-state index is -1.48. The highest BCUT2D eigenvalue weighted by molar-refractivity contribution is 8.03. The number of carboxylic acid groups (broad SMARTS) is 1. The molecule has 1 fully saturated rings. The number of nitrogens with one attached hydrogen (secondary N) is 2. The lowest BCUT2D eigenvalue weighted by molar-refractivity contribution is -0.133. The maximum atomic E-state index is 12.0. The van der Waals surface area contributed by atoms with E-state index in [-0.39, 0.29) is 10.1 Å². The first-order valence-corrected chi connectivity index (χ1v) is 10.0. The molecule has 4 amide bonds. The summed E-state index contributed by atoms with van der Waals surface area (Å²) in [6.07, 6.45) is 0.965. The number of carbonyl (C=O) groups is 4. The molecule has 0 bridgehead atoms. The number of barbiturate groups is 1. The number of rotatable bonds is 8. The monoisotopic (exact) mass is 461 g/mol. The predicted octanol–water partition coefficient (Wildman–Crippen LogP) is 1.02. The summed E-state index contributed by atoms with van der Waals surface area (Å²) in [5.74, 6) is -3.17. The molecule has 0 atom stereocenters. The van der Waals surface area contributed by atoms with E-state index in [1.54, 1.807) is 22.8 Å². The van der Waals surface area contributed by atoms with Gasteiger partial charge in [0.2, 0.25) is 11.8 Å². The van der Waals surface area contributed by atoms with Crippen LogP contribution >= 0.6 is 11.8 Å². The SMILES string of the molecule is CCn1c(S/C(=C/C2C(=O)NC(=O)NC2=O)C(=O)O)nnc1-c1cc(OC)cc(OC)c1. The zero-order valence-corrected chi connectivity index (χ0v) is 18.1. The number of methoxy groups -OCH3 is 2. The van der Waals surface area contributed by atoms with Crippen LogP contribution in [0.15, 0.2) is 34.3 Å². The van der Waals surface area contributed by atoms with Crippen LogP contribution in [-0.4, -0.2) is 57.9 Å². The molecule has 1 aromatic heterocycles. The van der Waals surface area contributed by atoms with Crippen molar-refractivity contribution in [2.45, 2.75) is 18.6 Å². The molecule has 1 aliphatic heterocycles. The number of ether oxygens (including phenoxy) is 2. The Hall–Kier alpha value is -3.87. The summed E-state index contributed by atoms with van der Waals surface area (Å²) in [6, 6.07) is 4.20. The number of benzene rings is 1. The number of carbonyl (C=O) groups excluding carboxylic acids is 3. The van der Waals surface area contributed by atoms with Crippen LogP contribution in [0, 0.1) is 5.92 Å². The van der Waals surface area contributed by atoms with Crippen LogP contribution in [0.25, 0.3) is 11.4 Å². The van der Waals surface area contributed by atoms with E-state index in [0.29, 0.717) is 29.4 Å². The van der Waals surface area contributed by atoms with Gasteiger partial charge in [0.15, 0.2) is 11.0 Å². The van der Waals surface area contributed by atoms with Crippen molar-refractivity contribution >= 4 is 35.6 Å². The topological polar surface area (TPSA) is 162 Å². The third-order valence-electron chi connectivity index (χ3n) is 4.41. The van der Waals surface area contributed by atoms with Gasteiger partial charge >= 0.3 is 12.0 Å². The van der Waals surface area contributed by atoms with Crippen LogP contribution in [-0.2, 0) is 20.9 Å². The van der Waals surface area contributed by atoms with Crippen molar-refractivity contribution in [1.82, 2.24) is 25.4 Å². The fourth-order valence-electron chi connectivity index (χ4n) is 2.88. The first-order chi connectivity index (χ1) is 15.3. The zero-order valence-electron chi connectivity index (χ0n) is 17.2. The Kier molecular flexibility index (Phi) is 6.78. The van der Waals surface area contributed by atoms with Gasteiger partial charge in [-0.25, -0.2) is 9.59 Å². The molecule has 0 aliphatic carbocycles. The quantitative estimate of drug-likeness (QED) is 0.294. The highest BCUT2D eigenvalue weighted by Gasteiger charge is 2.34. The Morgan fingerprint density at radius 2 is 1.72 bits per heavy atom. The summed E-state index contributed by atoms with van der Waals surface area (Å²) in [6.45, 7) is 2.22. The first-order valence-electron chi connectivity index (χ1n) is 9.22. The number of aliphatic carboxylic acids is 1. The van der Waals surface area contributed by atoms with E-state index < -0.39 is 29.7 Å². The Balaban J connectivity index is 1.97. The molecule has 0 saturated carbocycles. The van der Waals surface area contributed by atoms with Gasteiger partial charge in [0.25, 0.3) is 0 Å². The summed E-state index contributed by atoms with van der Waals surface area (Å²) in [5, 5.41) is 21.9. The average molecular weight is 461 g/mol. The third kappa shape index (κ3) is 4.72. The minimum Gasteiger partial charge on any atom is -0.497 e. The van der Waals surface area contributed by atoms with Crippen LogP contribution < -0.4 is 20.1 Å². The number of hydrogen-bond acceptors (Lipinski definition) is 9. The molecule has 3 rings (SSSR count). The van der Waals surface area contributed by atoms with E-state index in [4.69, 9.17) is 9.47 Å². The largest absolute Gasteiger partial charge is 0.497 e. The molecule has 1 aliphatic rings. The first kappa shape index (κ1) is 22.8. The molecule has 168 valence electrons. The van der Waals surface area contributed by atoms with Crippen molar-refractivity contribution < 1.29 is 33.8 Å². The van der Waals surface area contributed by atoms with Crippen LogP contribution in [0.5, 0.6) is 11.5 Å². The zero-order chi connectivity index (χ0) is 23.4. The molecule has 12 nitrogen and oxygen atoms in total. The van der Waals surface area contributed by atoms with Crippen LogP contribution in [0.2, 0.25) is 0 Å². The number of nitrogens with zero attached hydrogens (tertiary/aromatic N) is 3. The number of amides is 4. The number of carboxylic acids is 1. The Bertz CT molecular complexity index is 1090. The summed E-state index contributed by atoms with van der Waals surface area (Å²) in [7, 11) is 3.03. The molecule has 2 aromatic rings. The van der Waals surface area contributed by atoms with E-state index in [0.717, 1.165) is 17.8 Å². The van der Waals surface area contributed by atoms with E-state index >= 15 is 0 Å². The van der Waals surface area contributed by atoms with Gasteiger partial charge in [-0.3, -0.25) is 20.2 Å². The van der Waals surface area contributed by atoms with Crippen LogP contribution in [0.1, 0.15) is 6.92 Å². The van der Waals surface area contributed by atoms with Gasteiger partial charge in [-0.1, -0.05) is 0 Å². The molecule has 0 radical (unpaired) electrons. The fourth-order valence-corrected chi connectivity index (χ4v) is 3.77. The second kappa shape index (κ2) is 9.51. The van der Waals surface area contributed by atoms with Crippen molar-refractivity contribution in [2.75, 3.05) is 14.2 Å². The Morgan fingerprint density at radius 1 is 1.12 bits per heavy atom.